The molecule has 1 fully saturated rings. The number of carbonyl (C=O) groups excluding carboxylic acids is 1. The first-order chi connectivity index (χ1) is 9.13. The Morgan fingerprint density at radius 1 is 1.26 bits per heavy atom. The third-order valence-electron chi connectivity index (χ3n) is 3.76. The highest BCUT2D eigenvalue weighted by Crippen LogP contribution is 2.27. The van der Waals surface area contributed by atoms with E-state index in [2.05, 4.69) is 19.2 Å². The molecule has 1 aliphatic rings. The van der Waals surface area contributed by atoms with E-state index in [-0.39, 0.29) is 17.9 Å². The van der Waals surface area contributed by atoms with Gasteiger partial charge in [0.25, 0.3) is 0 Å². The van der Waals surface area contributed by atoms with Crippen LogP contribution in [0.2, 0.25) is 0 Å². The molecule has 1 amide bonds. The Kier molecular flexibility index (Phi) is 8.07. The van der Waals surface area contributed by atoms with Crippen molar-refractivity contribution in [3.8, 4) is 0 Å². The molecule has 0 heterocycles. The largest absolute Gasteiger partial charge is 0.381 e. The maximum Gasteiger partial charge on any atom is 0.223 e. The van der Waals surface area contributed by atoms with Crippen molar-refractivity contribution in [3.05, 3.63) is 0 Å². The molecule has 3 unspecified atom stereocenters. The molecule has 4 heteroatoms. The van der Waals surface area contributed by atoms with E-state index in [4.69, 9.17) is 10.5 Å². The van der Waals surface area contributed by atoms with E-state index in [1.165, 1.54) is 0 Å². The Labute approximate surface area is 117 Å². The summed E-state index contributed by atoms with van der Waals surface area (Å²) in [6.07, 6.45) is 6.04. The molecule has 0 aromatic heterocycles. The quantitative estimate of drug-likeness (QED) is 0.664. The van der Waals surface area contributed by atoms with Gasteiger partial charge in [0.15, 0.2) is 0 Å². The van der Waals surface area contributed by atoms with Gasteiger partial charge < -0.3 is 15.8 Å². The summed E-state index contributed by atoms with van der Waals surface area (Å²) < 4.78 is 5.46. The average Bonchev–Trinajstić information content (AvgIpc) is 2.36. The molecule has 3 atom stereocenters. The van der Waals surface area contributed by atoms with E-state index >= 15 is 0 Å². The van der Waals surface area contributed by atoms with Crippen LogP contribution in [0.5, 0.6) is 0 Å². The van der Waals surface area contributed by atoms with Gasteiger partial charge in [-0.15, -0.1) is 0 Å². The van der Waals surface area contributed by atoms with Crippen LogP contribution >= 0.6 is 0 Å². The monoisotopic (exact) mass is 270 g/mol. The van der Waals surface area contributed by atoms with E-state index in [9.17, 15) is 4.79 Å². The average molecular weight is 270 g/mol. The molecule has 1 saturated carbocycles. The Morgan fingerprint density at radius 3 is 2.68 bits per heavy atom. The Bertz CT molecular complexity index is 249. The summed E-state index contributed by atoms with van der Waals surface area (Å²) in [7, 11) is 0. The molecular formula is C15H30N2O2. The summed E-state index contributed by atoms with van der Waals surface area (Å²) in [4.78, 5) is 12.0. The fraction of sp³-hybridized carbons (Fsp3) is 0.933. The topological polar surface area (TPSA) is 64.3 Å². The summed E-state index contributed by atoms with van der Waals surface area (Å²) in [5.74, 6) is 0.854. The van der Waals surface area contributed by atoms with Gasteiger partial charge in [0.05, 0.1) is 0 Å². The first kappa shape index (κ1) is 16.4. The van der Waals surface area contributed by atoms with Gasteiger partial charge >= 0.3 is 0 Å². The zero-order valence-electron chi connectivity index (χ0n) is 12.5. The molecule has 0 saturated heterocycles. The Hall–Kier alpha value is -0.610. The van der Waals surface area contributed by atoms with Gasteiger partial charge in [-0.3, -0.25) is 4.79 Å². The number of hydrogen-bond donors (Lipinski definition) is 2. The van der Waals surface area contributed by atoms with E-state index < -0.39 is 0 Å². The van der Waals surface area contributed by atoms with Crippen LogP contribution in [0.25, 0.3) is 0 Å². The van der Waals surface area contributed by atoms with Gasteiger partial charge in [0.1, 0.15) is 0 Å². The van der Waals surface area contributed by atoms with E-state index in [0.717, 1.165) is 51.7 Å². The Morgan fingerprint density at radius 2 is 2.00 bits per heavy atom. The third kappa shape index (κ3) is 6.92. The first-order valence-corrected chi connectivity index (χ1v) is 7.74. The first-order valence-electron chi connectivity index (χ1n) is 7.74. The van der Waals surface area contributed by atoms with Crippen LogP contribution in [0.3, 0.4) is 0 Å². The number of nitrogens with one attached hydrogen (secondary N) is 1. The van der Waals surface area contributed by atoms with Crippen LogP contribution in [0.1, 0.15) is 52.4 Å². The second-order valence-corrected chi connectivity index (χ2v) is 5.88. The van der Waals surface area contributed by atoms with E-state index in [0.29, 0.717) is 12.5 Å². The number of nitrogens with two attached hydrogens (primary N) is 1. The highest BCUT2D eigenvalue weighted by atomic mass is 16.5. The highest BCUT2D eigenvalue weighted by Gasteiger charge is 2.28. The molecular weight excluding hydrogens is 240 g/mol. The lowest BCUT2D eigenvalue weighted by molar-refractivity contribution is -0.126. The lowest BCUT2D eigenvalue weighted by Crippen LogP contribution is -2.40. The standard InChI is InChI=1S/C15H30N2O2/c1-3-4-7-19-8-5-6-17-15(18)13-9-12(2)10-14(16)11-13/h12-14H,3-11,16H2,1-2H3,(H,17,18). The van der Waals surface area contributed by atoms with Crippen molar-refractivity contribution in [2.24, 2.45) is 17.6 Å². The van der Waals surface area contributed by atoms with Crippen LogP contribution in [0.15, 0.2) is 0 Å². The van der Waals surface area contributed by atoms with E-state index in [1.54, 1.807) is 0 Å². The number of unbranched alkanes of at least 4 members (excludes halogenated alkanes) is 1. The zero-order chi connectivity index (χ0) is 14.1. The molecule has 19 heavy (non-hydrogen) atoms. The van der Waals surface area contributed by atoms with Crippen LogP contribution in [-0.4, -0.2) is 31.7 Å². The molecule has 1 rings (SSSR count). The second kappa shape index (κ2) is 9.32. The second-order valence-electron chi connectivity index (χ2n) is 5.88. The van der Waals surface area contributed by atoms with Gasteiger partial charge in [-0.25, -0.2) is 0 Å². The third-order valence-corrected chi connectivity index (χ3v) is 3.76. The van der Waals surface area contributed by atoms with Crippen molar-refractivity contribution in [2.75, 3.05) is 19.8 Å². The zero-order valence-corrected chi connectivity index (χ0v) is 12.5. The molecule has 112 valence electrons. The maximum absolute atomic E-state index is 12.0. The van der Waals surface area contributed by atoms with Crippen LogP contribution in [0, 0.1) is 11.8 Å². The summed E-state index contributed by atoms with van der Waals surface area (Å²) in [5.41, 5.74) is 5.98. The van der Waals surface area contributed by atoms with Gasteiger partial charge in [-0.05, 0) is 38.0 Å². The number of carbonyl (C=O) groups is 1. The summed E-state index contributed by atoms with van der Waals surface area (Å²) in [6.45, 7) is 6.62. The number of ether oxygens (including phenoxy) is 1. The smallest absolute Gasteiger partial charge is 0.223 e. The maximum atomic E-state index is 12.0. The van der Waals surface area contributed by atoms with Crippen molar-refractivity contribution in [1.82, 2.24) is 5.32 Å². The minimum atomic E-state index is 0.111. The lowest BCUT2D eigenvalue weighted by Gasteiger charge is -2.30. The highest BCUT2D eigenvalue weighted by molar-refractivity contribution is 5.78. The molecule has 0 bridgehead atoms. The number of hydrogen-bond acceptors (Lipinski definition) is 3. The molecule has 4 nitrogen and oxygen atoms in total. The minimum absolute atomic E-state index is 0.111. The molecule has 0 aromatic carbocycles. The van der Waals surface area contributed by atoms with Crippen LogP contribution in [-0.2, 0) is 9.53 Å². The molecule has 0 aromatic rings. The SMILES string of the molecule is CCCCOCCCNC(=O)C1CC(C)CC(N)C1. The minimum Gasteiger partial charge on any atom is -0.381 e. The van der Waals surface area contributed by atoms with Crippen LogP contribution < -0.4 is 11.1 Å². The van der Waals surface area contributed by atoms with Crippen molar-refractivity contribution < 1.29 is 9.53 Å². The van der Waals surface area contributed by atoms with Gasteiger partial charge in [-0.2, -0.15) is 0 Å². The summed E-state index contributed by atoms with van der Waals surface area (Å²) in [5, 5.41) is 3.01. The predicted octanol–water partition coefficient (Wildman–Crippen LogP) is 2.07. The normalized spacial score (nSPS) is 27.2. The summed E-state index contributed by atoms with van der Waals surface area (Å²) in [6, 6.07) is 0.192. The van der Waals surface area contributed by atoms with Gasteiger partial charge in [-0.1, -0.05) is 20.3 Å². The predicted molar refractivity (Wildman–Crippen MR) is 77.8 cm³/mol. The Balaban J connectivity index is 2.07. The van der Waals surface area contributed by atoms with Gasteiger partial charge in [0, 0.05) is 31.7 Å². The molecule has 0 aliphatic heterocycles. The fourth-order valence-electron chi connectivity index (χ4n) is 2.75. The van der Waals surface area contributed by atoms with Gasteiger partial charge in [0.2, 0.25) is 5.91 Å². The van der Waals surface area contributed by atoms with Crippen LogP contribution in [0.4, 0.5) is 0 Å². The summed E-state index contributed by atoms with van der Waals surface area (Å²) >= 11 is 0. The van der Waals surface area contributed by atoms with Crippen molar-refractivity contribution in [3.63, 3.8) is 0 Å². The number of rotatable bonds is 8. The number of amides is 1. The molecule has 0 radical (unpaired) electrons. The fourth-order valence-corrected chi connectivity index (χ4v) is 2.75. The molecule has 0 spiro atoms. The van der Waals surface area contributed by atoms with Crippen molar-refractivity contribution >= 4 is 5.91 Å². The van der Waals surface area contributed by atoms with Crippen molar-refractivity contribution in [1.29, 1.82) is 0 Å². The molecule has 3 N–H and O–H groups in total. The van der Waals surface area contributed by atoms with Crippen molar-refractivity contribution in [2.45, 2.75) is 58.4 Å². The van der Waals surface area contributed by atoms with E-state index in [1.807, 2.05) is 0 Å². The lowest BCUT2D eigenvalue weighted by atomic mass is 9.79. The molecule has 1 aliphatic carbocycles.